The SMILES string of the molecule is CC(C(=O)Nc1cc(Cl)ccc1Cl)n1cnc2scc(-c3ccc(Cl)cc3)c2c1=O. The van der Waals surface area contributed by atoms with Crippen LogP contribution >= 0.6 is 46.1 Å². The van der Waals surface area contributed by atoms with Crippen LogP contribution in [0.5, 0.6) is 0 Å². The number of anilines is 1. The summed E-state index contributed by atoms with van der Waals surface area (Å²) in [4.78, 5) is 31.0. The van der Waals surface area contributed by atoms with Crippen LogP contribution in [0.4, 0.5) is 5.69 Å². The first kappa shape index (κ1) is 20.9. The van der Waals surface area contributed by atoms with Crippen molar-refractivity contribution in [2.45, 2.75) is 13.0 Å². The third kappa shape index (κ3) is 3.96. The molecule has 0 radical (unpaired) electrons. The van der Waals surface area contributed by atoms with Crippen molar-refractivity contribution in [3.8, 4) is 11.1 Å². The molecule has 1 atom stereocenters. The van der Waals surface area contributed by atoms with Crippen LogP contribution in [-0.2, 0) is 4.79 Å². The fourth-order valence-corrected chi connectivity index (χ4v) is 4.39. The van der Waals surface area contributed by atoms with Gasteiger partial charge in [-0.15, -0.1) is 11.3 Å². The number of halogens is 3. The fourth-order valence-electron chi connectivity index (χ4n) is 3.02. The number of hydrogen-bond donors (Lipinski definition) is 1. The molecule has 152 valence electrons. The second kappa shape index (κ2) is 8.40. The highest BCUT2D eigenvalue weighted by Crippen LogP contribution is 2.32. The first-order chi connectivity index (χ1) is 14.3. The van der Waals surface area contributed by atoms with Gasteiger partial charge in [0.2, 0.25) is 5.91 Å². The third-order valence-corrected chi connectivity index (χ3v) is 6.36. The van der Waals surface area contributed by atoms with E-state index in [1.54, 1.807) is 37.3 Å². The molecular formula is C21H14Cl3N3O2S. The molecule has 2 aromatic carbocycles. The zero-order valence-electron chi connectivity index (χ0n) is 15.5. The molecule has 0 aliphatic heterocycles. The third-order valence-electron chi connectivity index (χ3n) is 4.66. The normalized spacial score (nSPS) is 12.1. The average molecular weight is 479 g/mol. The Balaban J connectivity index is 1.72. The van der Waals surface area contributed by atoms with Gasteiger partial charge in [0.25, 0.3) is 5.56 Å². The van der Waals surface area contributed by atoms with Crippen LogP contribution in [0.2, 0.25) is 15.1 Å². The highest BCUT2D eigenvalue weighted by atomic mass is 35.5. The molecule has 4 aromatic rings. The van der Waals surface area contributed by atoms with Gasteiger partial charge in [0.15, 0.2) is 0 Å². The quantitative estimate of drug-likeness (QED) is 0.375. The average Bonchev–Trinajstić information content (AvgIpc) is 3.16. The summed E-state index contributed by atoms with van der Waals surface area (Å²) in [6.45, 7) is 1.62. The van der Waals surface area contributed by atoms with E-state index in [0.29, 0.717) is 31.0 Å². The minimum Gasteiger partial charge on any atom is -0.323 e. The van der Waals surface area contributed by atoms with Gasteiger partial charge >= 0.3 is 0 Å². The fraction of sp³-hybridized carbons (Fsp3) is 0.0952. The highest BCUT2D eigenvalue weighted by molar-refractivity contribution is 7.17. The summed E-state index contributed by atoms with van der Waals surface area (Å²) in [5, 5.41) is 6.46. The second-order valence-corrected chi connectivity index (χ2v) is 8.72. The maximum atomic E-state index is 13.2. The van der Waals surface area contributed by atoms with Gasteiger partial charge in [0.05, 0.1) is 22.4 Å². The monoisotopic (exact) mass is 477 g/mol. The lowest BCUT2D eigenvalue weighted by Crippen LogP contribution is -2.31. The van der Waals surface area contributed by atoms with Crippen LogP contribution < -0.4 is 10.9 Å². The number of benzene rings is 2. The topological polar surface area (TPSA) is 64.0 Å². The number of nitrogens with one attached hydrogen (secondary N) is 1. The van der Waals surface area contributed by atoms with Crippen LogP contribution in [0.15, 0.2) is 59.0 Å². The molecule has 1 unspecified atom stereocenters. The molecule has 0 saturated carbocycles. The predicted octanol–water partition coefficient (Wildman–Crippen LogP) is 6.28. The summed E-state index contributed by atoms with van der Waals surface area (Å²) >= 11 is 19.4. The summed E-state index contributed by atoms with van der Waals surface area (Å²) < 4.78 is 1.31. The van der Waals surface area contributed by atoms with Crippen molar-refractivity contribution in [3.05, 3.63) is 79.6 Å². The van der Waals surface area contributed by atoms with Crippen LogP contribution in [0.25, 0.3) is 21.3 Å². The van der Waals surface area contributed by atoms with E-state index in [-0.39, 0.29) is 5.56 Å². The predicted molar refractivity (Wildman–Crippen MR) is 124 cm³/mol. The zero-order chi connectivity index (χ0) is 21.4. The van der Waals surface area contributed by atoms with Crippen molar-refractivity contribution in [2.75, 3.05) is 5.32 Å². The Bertz CT molecular complexity index is 1320. The van der Waals surface area contributed by atoms with Gasteiger partial charge in [-0.25, -0.2) is 4.98 Å². The lowest BCUT2D eigenvalue weighted by atomic mass is 10.1. The van der Waals surface area contributed by atoms with Gasteiger partial charge in [0.1, 0.15) is 10.9 Å². The largest absolute Gasteiger partial charge is 0.323 e. The van der Waals surface area contributed by atoms with E-state index in [9.17, 15) is 9.59 Å². The van der Waals surface area contributed by atoms with E-state index < -0.39 is 11.9 Å². The van der Waals surface area contributed by atoms with E-state index in [2.05, 4.69) is 10.3 Å². The first-order valence-electron chi connectivity index (χ1n) is 8.85. The molecule has 0 spiro atoms. The number of carbonyl (C=O) groups is 1. The molecule has 1 N–H and O–H groups in total. The molecular weight excluding hydrogens is 465 g/mol. The molecule has 2 heterocycles. The number of carbonyl (C=O) groups excluding carboxylic acids is 1. The van der Waals surface area contributed by atoms with Crippen LogP contribution in [-0.4, -0.2) is 15.5 Å². The van der Waals surface area contributed by atoms with E-state index in [4.69, 9.17) is 34.8 Å². The van der Waals surface area contributed by atoms with Crippen LogP contribution in [0.1, 0.15) is 13.0 Å². The Hall–Kier alpha value is -2.38. The smallest absolute Gasteiger partial charge is 0.263 e. The number of nitrogens with zero attached hydrogens (tertiary/aromatic N) is 2. The highest BCUT2D eigenvalue weighted by Gasteiger charge is 2.21. The molecule has 0 fully saturated rings. The summed E-state index contributed by atoms with van der Waals surface area (Å²) in [6.07, 6.45) is 1.39. The van der Waals surface area contributed by atoms with Gasteiger partial charge in [-0.2, -0.15) is 0 Å². The standard InChI is InChI=1S/C21H14Cl3N3O2S/c1-11(19(28)26-17-8-14(23)6-7-16(17)24)27-10-25-20-18(21(27)29)15(9-30-20)12-2-4-13(22)5-3-12/h2-11H,1H3,(H,26,28). The molecule has 0 saturated heterocycles. The first-order valence-corrected chi connectivity index (χ1v) is 10.9. The van der Waals surface area contributed by atoms with Gasteiger partial charge in [-0.3, -0.25) is 14.2 Å². The molecule has 0 aliphatic rings. The van der Waals surface area contributed by atoms with Gasteiger partial charge < -0.3 is 5.32 Å². The zero-order valence-corrected chi connectivity index (χ0v) is 18.6. The van der Waals surface area contributed by atoms with E-state index in [1.165, 1.54) is 22.2 Å². The van der Waals surface area contributed by atoms with Crippen LogP contribution in [0.3, 0.4) is 0 Å². The van der Waals surface area contributed by atoms with Crippen molar-refractivity contribution >= 4 is 68.0 Å². The molecule has 9 heteroatoms. The number of rotatable bonds is 4. The minimum absolute atomic E-state index is 0.300. The lowest BCUT2D eigenvalue weighted by molar-refractivity contribution is -0.118. The molecule has 30 heavy (non-hydrogen) atoms. The summed E-state index contributed by atoms with van der Waals surface area (Å²) in [5.41, 5.74) is 1.68. The number of thiophene rings is 1. The van der Waals surface area contributed by atoms with Crippen molar-refractivity contribution < 1.29 is 4.79 Å². The van der Waals surface area contributed by atoms with Crippen molar-refractivity contribution in [2.24, 2.45) is 0 Å². The Morgan fingerprint density at radius 1 is 1.10 bits per heavy atom. The Labute approximate surface area is 190 Å². The van der Waals surface area contributed by atoms with Crippen LogP contribution in [0, 0.1) is 0 Å². The minimum atomic E-state index is -0.817. The summed E-state index contributed by atoms with van der Waals surface area (Å²) in [5.74, 6) is -0.411. The summed E-state index contributed by atoms with van der Waals surface area (Å²) in [6, 6.07) is 11.2. The molecule has 4 rings (SSSR count). The molecule has 1 amide bonds. The molecule has 0 bridgehead atoms. The number of fused-ring (bicyclic) bond motifs is 1. The summed E-state index contributed by atoms with van der Waals surface area (Å²) in [7, 11) is 0. The van der Waals surface area contributed by atoms with Crippen molar-refractivity contribution in [1.29, 1.82) is 0 Å². The molecule has 0 aliphatic carbocycles. The van der Waals surface area contributed by atoms with Crippen molar-refractivity contribution in [1.82, 2.24) is 9.55 Å². The molecule has 5 nitrogen and oxygen atoms in total. The van der Waals surface area contributed by atoms with Gasteiger partial charge in [-0.1, -0.05) is 46.9 Å². The maximum absolute atomic E-state index is 13.2. The number of hydrogen-bond acceptors (Lipinski definition) is 4. The van der Waals surface area contributed by atoms with Gasteiger partial charge in [0, 0.05) is 21.0 Å². The van der Waals surface area contributed by atoms with Gasteiger partial charge in [-0.05, 0) is 42.8 Å². The maximum Gasteiger partial charge on any atom is 0.263 e. The second-order valence-electron chi connectivity index (χ2n) is 6.58. The number of aromatic nitrogens is 2. The van der Waals surface area contributed by atoms with E-state index >= 15 is 0 Å². The molecule has 2 aromatic heterocycles. The lowest BCUT2D eigenvalue weighted by Gasteiger charge is -2.16. The Morgan fingerprint density at radius 2 is 1.80 bits per heavy atom. The van der Waals surface area contributed by atoms with E-state index in [1.807, 2.05) is 17.5 Å². The number of amides is 1. The Morgan fingerprint density at radius 3 is 2.53 bits per heavy atom. The Kier molecular flexibility index (Phi) is 5.84. The van der Waals surface area contributed by atoms with E-state index in [0.717, 1.165) is 11.1 Å². The van der Waals surface area contributed by atoms with Crippen molar-refractivity contribution in [3.63, 3.8) is 0 Å².